The predicted octanol–water partition coefficient (Wildman–Crippen LogP) is 2.09. The summed E-state index contributed by atoms with van der Waals surface area (Å²) in [4.78, 5) is 14.8. The van der Waals surface area contributed by atoms with Gasteiger partial charge in [-0.05, 0) is 19.1 Å². The molecule has 0 saturated carbocycles. The molecule has 1 aliphatic rings. The molecule has 2 unspecified atom stereocenters. The van der Waals surface area contributed by atoms with Gasteiger partial charge in [0.15, 0.2) is 0 Å². The standard InChI is InChI=1S/C15H21N3OS2/c1-10-11(2)21-7-6-18(10)9-14(19)17-13-5-3-4-12(8-13)15(16)20/h3-5,8,10-11H,6-7,9H2,1-2H3,(H2,16,20)(H,17,19). The Balaban J connectivity index is 1.95. The molecule has 6 heteroatoms. The van der Waals surface area contributed by atoms with E-state index in [1.165, 1.54) is 0 Å². The summed E-state index contributed by atoms with van der Waals surface area (Å²) in [5.74, 6) is 1.08. The molecule has 114 valence electrons. The minimum Gasteiger partial charge on any atom is -0.389 e. The second kappa shape index (κ2) is 7.24. The van der Waals surface area contributed by atoms with E-state index >= 15 is 0 Å². The van der Waals surface area contributed by atoms with Gasteiger partial charge in [0.2, 0.25) is 5.91 Å². The first-order valence-electron chi connectivity index (χ1n) is 7.02. The van der Waals surface area contributed by atoms with Crippen LogP contribution in [0.5, 0.6) is 0 Å². The third-order valence-electron chi connectivity index (χ3n) is 3.79. The van der Waals surface area contributed by atoms with Crippen molar-refractivity contribution in [2.24, 2.45) is 5.73 Å². The summed E-state index contributed by atoms with van der Waals surface area (Å²) in [5, 5.41) is 3.48. The van der Waals surface area contributed by atoms with Crippen LogP contribution in [0.15, 0.2) is 24.3 Å². The maximum absolute atomic E-state index is 12.2. The van der Waals surface area contributed by atoms with Crippen LogP contribution in [0.25, 0.3) is 0 Å². The number of carbonyl (C=O) groups excluding carboxylic acids is 1. The fourth-order valence-corrected chi connectivity index (χ4v) is 3.64. The van der Waals surface area contributed by atoms with Crippen LogP contribution in [0, 0.1) is 0 Å². The van der Waals surface area contributed by atoms with Crippen LogP contribution in [0.1, 0.15) is 19.4 Å². The summed E-state index contributed by atoms with van der Waals surface area (Å²) in [6, 6.07) is 7.74. The first kappa shape index (κ1) is 16.3. The predicted molar refractivity (Wildman–Crippen MR) is 93.9 cm³/mol. The van der Waals surface area contributed by atoms with Gasteiger partial charge in [-0.1, -0.05) is 31.3 Å². The van der Waals surface area contributed by atoms with Gasteiger partial charge in [0.25, 0.3) is 0 Å². The number of amides is 1. The highest BCUT2D eigenvalue weighted by atomic mass is 32.2. The van der Waals surface area contributed by atoms with Crippen LogP contribution in [0.2, 0.25) is 0 Å². The van der Waals surface area contributed by atoms with Crippen molar-refractivity contribution in [3.63, 3.8) is 0 Å². The first-order chi connectivity index (χ1) is 9.97. The molecule has 1 amide bonds. The quantitative estimate of drug-likeness (QED) is 0.831. The monoisotopic (exact) mass is 323 g/mol. The van der Waals surface area contributed by atoms with Crippen molar-refractivity contribution in [2.75, 3.05) is 24.2 Å². The number of hydrogen-bond donors (Lipinski definition) is 2. The van der Waals surface area contributed by atoms with Gasteiger partial charge in [-0.15, -0.1) is 0 Å². The average Bonchev–Trinajstić information content (AvgIpc) is 2.44. The van der Waals surface area contributed by atoms with Crippen molar-refractivity contribution in [3.8, 4) is 0 Å². The van der Waals surface area contributed by atoms with E-state index in [-0.39, 0.29) is 5.91 Å². The number of benzene rings is 1. The SMILES string of the molecule is CC1SCCN(CC(=O)Nc2cccc(C(N)=S)c2)C1C. The minimum atomic E-state index is 0.000963. The maximum atomic E-state index is 12.2. The molecule has 1 aromatic carbocycles. The van der Waals surface area contributed by atoms with Gasteiger partial charge < -0.3 is 11.1 Å². The summed E-state index contributed by atoms with van der Waals surface area (Å²) in [7, 11) is 0. The summed E-state index contributed by atoms with van der Waals surface area (Å²) in [6.07, 6.45) is 0. The Labute approximate surface area is 135 Å². The molecule has 1 saturated heterocycles. The molecule has 1 aliphatic heterocycles. The van der Waals surface area contributed by atoms with Crippen molar-refractivity contribution < 1.29 is 4.79 Å². The molecule has 21 heavy (non-hydrogen) atoms. The van der Waals surface area contributed by atoms with E-state index in [1.807, 2.05) is 30.0 Å². The Kier molecular flexibility index (Phi) is 5.61. The van der Waals surface area contributed by atoms with Crippen LogP contribution in [-0.2, 0) is 4.79 Å². The smallest absolute Gasteiger partial charge is 0.238 e. The largest absolute Gasteiger partial charge is 0.389 e. The molecule has 2 atom stereocenters. The van der Waals surface area contributed by atoms with E-state index in [4.69, 9.17) is 18.0 Å². The molecule has 1 fully saturated rings. The van der Waals surface area contributed by atoms with Crippen LogP contribution < -0.4 is 11.1 Å². The van der Waals surface area contributed by atoms with Crippen LogP contribution in [0.4, 0.5) is 5.69 Å². The molecular formula is C15H21N3OS2. The van der Waals surface area contributed by atoms with Crippen molar-refractivity contribution in [2.45, 2.75) is 25.1 Å². The topological polar surface area (TPSA) is 58.4 Å². The molecule has 2 rings (SSSR count). The van der Waals surface area contributed by atoms with Crippen molar-refractivity contribution in [1.82, 2.24) is 4.90 Å². The Bertz CT molecular complexity index is 535. The fourth-order valence-electron chi connectivity index (χ4n) is 2.35. The van der Waals surface area contributed by atoms with E-state index in [0.29, 0.717) is 22.8 Å². The van der Waals surface area contributed by atoms with Crippen molar-refractivity contribution >= 4 is 40.6 Å². The van der Waals surface area contributed by atoms with E-state index in [1.54, 1.807) is 6.07 Å². The molecule has 1 heterocycles. The Morgan fingerprint density at radius 3 is 3.00 bits per heavy atom. The van der Waals surface area contributed by atoms with E-state index in [0.717, 1.165) is 23.5 Å². The van der Waals surface area contributed by atoms with Crippen molar-refractivity contribution in [3.05, 3.63) is 29.8 Å². The van der Waals surface area contributed by atoms with Gasteiger partial charge in [0, 0.05) is 34.8 Å². The number of thioether (sulfide) groups is 1. The molecule has 3 N–H and O–H groups in total. The molecule has 0 spiro atoms. The summed E-state index contributed by atoms with van der Waals surface area (Å²) in [6.45, 7) is 5.77. The van der Waals surface area contributed by atoms with Gasteiger partial charge in [0.05, 0.1) is 6.54 Å². The lowest BCUT2D eigenvalue weighted by molar-refractivity contribution is -0.117. The van der Waals surface area contributed by atoms with Crippen LogP contribution in [0.3, 0.4) is 0 Å². The third-order valence-corrected chi connectivity index (χ3v) is 5.37. The number of hydrogen-bond acceptors (Lipinski definition) is 4. The second-order valence-corrected chi connectivity index (χ2v) is 7.21. The molecule has 0 aliphatic carbocycles. The molecule has 4 nitrogen and oxygen atoms in total. The van der Waals surface area contributed by atoms with Crippen LogP contribution in [-0.4, -0.2) is 45.9 Å². The maximum Gasteiger partial charge on any atom is 0.238 e. The molecular weight excluding hydrogens is 302 g/mol. The number of carbonyl (C=O) groups is 1. The molecule has 0 radical (unpaired) electrons. The second-order valence-electron chi connectivity index (χ2n) is 5.28. The number of nitrogens with zero attached hydrogens (tertiary/aromatic N) is 1. The fraction of sp³-hybridized carbons (Fsp3) is 0.467. The summed E-state index contributed by atoms with van der Waals surface area (Å²) < 4.78 is 0. The number of thiocarbonyl (C=S) groups is 1. The highest BCUT2D eigenvalue weighted by molar-refractivity contribution is 8.00. The third kappa shape index (κ3) is 4.43. The van der Waals surface area contributed by atoms with Gasteiger partial charge in [-0.25, -0.2) is 0 Å². The van der Waals surface area contributed by atoms with Gasteiger partial charge in [-0.3, -0.25) is 9.69 Å². The van der Waals surface area contributed by atoms with E-state index in [2.05, 4.69) is 24.1 Å². The van der Waals surface area contributed by atoms with Gasteiger partial charge in [-0.2, -0.15) is 11.8 Å². The molecule has 1 aromatic rings. The Hall–Kier alpha value is -1.11. The Morgan fingerprint density at radius 1 is 1.52 bits per heavy atom. The number of nitrogens with one attached hydrogen (secondary N) is 1. The number of rotatable bonds is 4. The summed E-state index contributed by atoms with van der Waals surface area (Å²) in [5.41, 5.74) is 7.10. The molecule has 0 aromatic heterocycles. The lowest BCUT2D eigenvalue weighted by Crippen LogP contribution is -2.47. The zero-order chi connectivity index (χ0) is 15.4. The lowest BCUT2D eigenvalue weighted by Gasteiger charge is -2.36. The van der Waals surface area contributed by atoms with E-state index in [9.17, 15) is 4.79 Å². The van der Waals surface area contributed by atoms with Crippen molar-refractivity contribution in [1.29, 1.82) is 0 Å². The zero-order valence-electron chi connectivity index (χ0n) is 12.3. The zero-order valence-corrected chi connectivity index (χ0v) is 14.0. The Morgan fingerprint density at radius 2 is 2.29 bits per heavy atom. The van der Waals surface area contributed by atoms with Crippen LogP contribution >= 0.6 is 24.0 Å². The average molecular weight is 323 g/mol. The van der Waals surface area contributed by atoms with Gasteiger partial charge in [0.1, 0.15) is 4.99 Å². The number of anilines is 1. The molecule has 0 bridgehead atoms. The highest BCUT2D eigenvalue weighted by Gasteiger charge is 2.26. The lowest BCUT2D eigenvalue weighted by atomic mass is 10.2. The minimum absolute atomic E-state index is 0.000963. The van der Waals surface area contributed by atoms with E-state index < -0.39 is 0 Å². The summed E-state index contributed by atoms with van der Waals surface area (Å²) >= 11 is 6.91. The first-order valence-corrected chi connectivity index (χ1v) is 8.48. The van der Waals surface area contributed by atoms with Gasteiger partial charge >= 0.3 is 0 Å². The number of nitrogens with two attached hydrogens (primary N) is 1. The highest BCUT2D eigenvalue weighted by Crippen LogP contribution is 2.23. The normalized spacial score (nSPS) is 22.8.